The Hall–Kier alpha value is -1.35. The van der Waals surface area contributed by atoms with E-state index in [2.05, 4.69) is 20.9 Å². The summed E-state index contributed by atoms with van der Waals surface area (Å²) in [4.78, 5) is 16.6. The minimum absolute atomic E-state index is 0. The number of ether oxygens (including phenoxy) is 1. The summed E-state index contributed by atoms with van der Waals surface area (Å²) >= 11 is 0. The van der Waals surface area contributed by atoms with Gasteiger partial charge in [-0.1, -0.05) is 12.1 Å². The van der Waals surface area contributed by atoms with Crippen LogP contribution in [0.3, 0.4) is 0 Å². The molecule has 6 nitrogen and oxygen atoms in total. The van der Waals surface area contributed by atoms with E-state index in [-0.39, 0.29) is 36.0 Å². The van der Waals surface area contributed by atoms with Crippen molar-refractivity contribution in [3.05, 3.63) is 29.8 Å². The van der Waals surface area contributed by atoms with Gasteiger partial charge in [-0.2, -0.15) is 0 Å². The van der Waals surface area contributed by atoms with Gasteiger partial charge in [0, 0.05) is 25.4 Å². The van der Waals surface area contributed by atoms with Gasteiger partial charge in [0.15, 0.2) is 5.96 Å². The highest BCUT2D eigenvalue weighted by Gasteiger charge is 2.23. The van der Waals surface area contributed by atoms with Crippen molar-refractivity contribution in [1.82, 2.24) is 10.6 Å². The number of halogens is 1. The number of carbonyl (C=O) groups is 1. The molecule has 0 aromatic heterocycles. The summed E-state index contributed by atoms with van der Waals surface area (Å²) in [7, 11) is 0. The summed E-state index contributed by atoms with van der Waals surface area (Å²) in [5, 5.41) is 9.30. The van der Waals surface area contributed by atoms with Crippen molar-refractivity contribution in [2.24, 2.45) is 4.99 Å². The first-order valence-corrected chi connectivity index (χ1v) is 8.26. The van der Waals surface area contributed by atoms with E-state index in [0.717, 1.165) is 43.1 Å². The first-order valence-electron chi connectivity index (χ1n) is 8.26. The van der Waals surface area contributed by atoms with Crippen LogP contribution in [0, 0.1) is 0 Å². The maximum absolute atomic E-state index is 12.1. The molecule has 1 aliphatic rings. The van der Waals surface area contributed by atoms with Gasteiger partial charge in [0.1, 0.15) is 6.10 Å². The molecule has 1 amide bonds. The summed E-state index contributed by atoms with van der Waals surface area (Å²) in [6.07, 6.45) is 1.43. The Labute approximate surface area is 160 Å². The van der Waals surface area contributed by atoms with Crippen molar-refractivity contribution in [2.45, 2.75) is 39.3 Å². The molecule has 134 valence electrons. The molecule has 3 N–H and O–H groups in total. The summed E-state index contributed by atoms with van der Waals surface area (Å²) in [6.45, 7) is 6.94. The predicted molar refractivity (Wildman–Crippen MR) is 108 cm³/mol. The van der Waals surface area contributed by atoms with Crippen LogP contribution in [0.2, 0.25) is 0 Å². The van der Waals surface area contributed by atoms with E-state index in [4.69, 9.17) is 4.74 Å². The molecule has 2 rings (SSSR count). The topological polar surface area (TPSA) is 74.8 Å². The molecular formula is C17H27IN4O2. The molecule has 0 bridgehead atoms. The third-order valence-corrected chi connectivity index (χ3v) is 3.52. The van der Waals surface area contributed by atoms with Crippen LogP contribution in [0.1, 0.15) is 32.3 Å². The van der Waals surface area contributed by atoms with Crippen molar-refractivity contribution < 1.29 is 9.53 Å². The van der Waals surface area contributed by atoms with Crippen molar-refractivity contribution in [3.8, 4) is 0 Å². The quantitative estimate of drug-likeness (QED) is 0.357. The fourth-order valence-electron chi connectivity index (χ4n) is 2.43. The molecule has 0 radical (unpaired) electrons. The Bertz CT molecular complexity index is 537. The van der Waals surface area contributed by atoms with E-state index < -0.39 is 0 Å². The second-order valence-electron chi connectivity index (χ2n) is 5.42. The van der Waals surface area contributed by atoms with Gasteiger partial charge < -0.3 is 20.7 Å². The Morgan fingerprint density at radius 1 is 1.29 bits per heavy atom. The first-order chi connectivity index (χ1) is 11.2. The zero-order chi connectivity index (χ0) is 16.5. The third-order valence-electron chi connectivity index (χ3n) is 3.52. The SMILES string of the molecule is CCNC(=NCc1cccc(NC(=O)C2CCCO2)c1)NCC.I. The molecule has 1 fully saturated rings. The van der Waals surface area contributed by atoms with Crippen LogP contribution in [-0.4, -0.2) is 37.7 Å². The minimum Gasteiger partial charge on any atom is -0.368 e. The molecule has 1 heterocycles. The Morgan fingerprint density at radius 2 is 2.04 bits per heavy atom. The van der Waals surface area contributed by atoms with E-state index in [1.54, 1.807) is 0 Å². The average Bonchev–Trinajstić information content (AvgIpc) is 3.08. The van der Waals surface area contributed by atoms with Gasteiger partial charge >= 0.3 is 0 Å². The molecule has 0 aliphatic carbocycles. The van der Waals surface area contributed by atoms with Crippen LogP contribution in [0.25, 0.3) is 0 Å². The number of hydrogen-bond donors (Lipinski definition) is 3. The summed E-state index contributed by atoms with van der Waals surface area (Å²) in [6, 6.07) is 7.76. The molecule has 7 heteroatoms. The lowest BCUT2D eigenvalue weighted by Gasteiger charge is -2.12. The number of rotatable bonds is 6. The van der Waals surface area contributed by atoms with E-state index in [1.165, 1.54) is 0 Å². The molecule has 0 saturated carbocycles. The van der Waals surface area contributed by atoms with Crippen molar-refractivity contribution in [3.63, 3.8) is 0 Å². The van der Waals surface area contributed by atoms with E-state index >= 15 is 0 Å². The Morgan fingerprint density at radius 3 is 2.67 bits per heavy atom. The average molecular weight is 446 g/mol. The molecular weight excluding hydrogens is 419 g/mol. The zero-order valence-corrected chi connectivity index (χ0v) is 16.6. The van der Waals surface area contributed by atoms with E-state index in [9.17, 15) is 4.79 Å². The number of anilines is 1. The van der Waals surface area contributed by atoms with Crippen molar-refractivity contribution >= 4 is 41.5 Å². The third kappa shape index (κ3) is 6.64. The predicted octanol–water partition coefficient (Wildman–Crippen LogP) is 2.50. The Kier molecular flexibility index (Phi) is 9.70. The number of nitrogens with zero attached hydrogens (tertiary/aromatic N) is 1. The largest absolute Gasteiger partial charge is 0.368 e. The number of nitrogens with one attached hydrogen (secondary N) is 3. The number of hydrogen-bond acceptors (Lipinski definition) is 3. The van der Waals surface area contributed by atoms with Gasteiger partial charge in [0.25, 0.3) is 5.91 Å². The molecule has 1 aliphatic heterocycles. The zero-order valence-electron chi connectivity index (χ0n) is 14.3. The molecule has 1 unspecified atom stereocenters. The van der Waals surface area contributed by atoms with Gasteiger partial charge in [-0.15, -0.1) is 24.0 Å². The maximum atomic E-state index is 12.1. The van der Waals surface area contributed by atoms with E-state index in [1.807, 2.05) is 38.1 Å². The van der Waals surface area contributed by atoms with Crippen LogP contribution in [0.15, 0.2) is 29.3 Å². The first kappa shape index (κ1) is 20.7. The number of benzene rings is 1. The second-order valence-corrected chi connectivity index (χ2v) is 5.42. The number of guanidine groups is 1. The van der Waals surface area contributed by atoms with Crippen LogP contribution in [-0.2, 0) is 16.1 Å². The number of aliphatic imine (C=N–C) groups is 1. The smallest absolute Gasteiger partial charge is 0.253 e. The molecule has 1 aromatic carbocycles. The van der Waals surface area contributed by atoms with Crippen LogP contribution < -0.4 is 16.0 Å². The molecule has 0 spiro atoms. The highest BCUT2D eigenvalue weighted by molar-refractivity contribution is 14.0. The van der Waals surface area contributed by atoms with Gasteiger partial charge in [0.05, 0.1) is 6.54 Å². The molecule has 1 atom stereocenters. The van der Waals surface area contributed by atoms with Gasteiger partial charge in [-0.3, -0.25) is 4.79 Å². The highest BCUT2D eigenvalue weighted by atomic mass is 127. The lowest BCUT2D eigenvalue weighted by molar-refractivity contribution is -0.124. The van der Waals surface area contributed by atoms with Gasteiger partial charge in [-0.25, -0.2) is 4.99 Å². The minimum atomic E-state index is -0.314. The second kappa shape index (κ2) is 11.2. The summed E-state index contributed by atoms with van der Waals surface area (Å²) in [5.74, 6) is 0.730. The molecule has 24 heavy (non-hydrogen) atoms. The fraction of sp³-hybridized carbons (Fsp3) is 0.529. The Balaban J connectivity index is 0.00000288. The van der Waals surface area contributed by atoms with Gasteiger partial charge in [-0.05, 0) is 44.4 Å². The lowest BCUT2D eigenvalue weighted by atomic mass is 10.2. The number of amides is 1. The maximum Gasteiger partial charge on any atom is 0.253 e. The molecule has 1 saturated heterocycles. The molecule has 1 aromatic rings. The normalized spacial score (nSPS) is 16.0. The summed E-state index contributed by atoms with van der Waals surface area (Å²) in [5.41, 5.74) is 1.83. The van der Waals surface area contributed by atoms with Crippen LogP contribution in [0.4, 0.5) is 5.69 Å². The fourth-order valence-corrected chi connectivity index (χ4v) is 2.43. The van der Waals surface area contributed by atoms with Crippen LogP contribution in [0.5, 0.6) is 0 Å². The standard InChI is InChI=1S/C17H26N4O2.HI/c1-3-18-17(19-4-2)20-12-13-7-5-8-14(11-13)21-16(22)15-9-6-10-23-15;/h5,7-8,11,15H,3-4,6,9-10,12H2,1-2H3,(H,21,22)(H2,18,19,20);1H. The monoisotopic (exact) mass is 446 g/mol. The van der Waals surface area contributed by atoms with Crippen molar-refractivity contribution in [1.29, 1.82) is 0 Å². The van der Waals surface area contributed by atoms with Crippen LogP contribution >= 0.6 is 24.0 Å². The van der Waals surface area contributed by atoms with Crippen molar-refractivity contribution in [2.75, 3.05) is 25.0 Å². The summed E-state index contributed by atoms with van der Waals surface area (Å²) < 4.78 is 5.40. The lowest BCUT2D eigenvalue weighted by Crippen LogP contribution is -2.36. The number of carbonyl (C=O) groups excluding carboxylic acids is 1. The van der Waals surface area contributed by atoms with E-state index in [0.29, 0.717) is 13.2 Å². The van der Waals surface area contributed by atoms with Gasteiger partial charge in [0.2, 0.25) is 0 Å². The highest BCUT2D eigenvalue weighted by Crippen LogP contribution is 2.16.